The molecule has 2 heterocycles. The smallest absolute Gasteiger partial charge is 0.210 e. The molecule has 0 amide bonds. The van der Waals surface area contributed by atoms with Crippen molar-refractivity contribution in [1.82, 2.24) is 14.9 Å². The van der Waals surface area contributed by atoms with Crippen molar-refractivity contribution in [2.75, 3.05) is 24.9 Å². The summed E-state index contributed by atoms with van der Waals surface area (Å²) in [4.78, 5) is 0. The third kappa shape index (κ3) is 2.91. The summed E-state index contributed by atoms with van der Waals surface area (Å²) in [6, 6.07) is 6.88. The molecule has 1 unspecified atom stereocenters. The maximum Gasteiger partial charge on any atom is 0.210 e. The second-order valence-corrected chi connectivity index (χ2v) is 6.32. The summed E-state index contributed by atoms with van der Waals surface area (Å²) in [5.41, 5.74) is 7.50. The number of benzene rings is 1. The van der Waals surface area contributed by atoms with Crippen molar-refractivity contribution >= 4 is 11.8 Å². The molecule has 112 valence electrons. The van der Waals surface area contributed by atoms with E-state index in [2.05, 4.69) is 47.7 Å². The van der Waals surface area contributed by atoms with Crippen molar-refractivity contribution in [3.8, 4) is 0 Å². The lowest BCUT2D eigenvalue weighted by molar-refractivity contribution is 0.199. The van der Waals surface area contributed by atoms with Gasteiger partial charge in [0.05, 0.1) is 12.6 Å². The fourth-order valence-corrected chi connectivity index (χ4v) is 3.48. The molecule has 1 N–H and O–H groups in total. The molecule has 0 bridgehead atoms. The van der Waals surface area contributed by atoms with Gasteiger partial charge in [0, 0.05) is 19.3 Å². The van der Waals surface area contributed by atoms with Crippen LogP contribution in [-0.4, -0.2) is 34.3 Å². The summed E-state index contributed by atoms with van der Waals surface area (Å²) < 4.78 is 7.15. The number of fused-ring (bicyclic) bond motifs is 1. The van der Waals surface area contributed by atoms with E-state index in [4.69, 9.17) is 4.74 Å². The van der Waals surface area contributed by atoms with Crippen LogP contribution in [0.2, 0.25) is 0 Å². The zero-order valence-electron chi connectivity index (χ0n) is 12.6. The van der Waals surface area contributed by atoms with Crippen LogP contribution in [0, 0.1) is 13.8 Å². The Hall–Kier alpha value is -1.53. The molecule has 6 heteroatoms. The SMILES string of the molecule is COCCc1nnc2n1NC(c1cc(C)ccc1C)CS2. The molecule has 1 aliphatic rings. The summed E-state index contributed by atoms with van der Waals surface area (Å²) in [5.74, 6) is 1.89. The van der Waals surface area contributed by atoms with E-state index in [0.29, 0.717) is 6.61 Å². The van der Waals surface area contributed by atoms with E-state index in [9.17, 15) is 0 Å². The molecule has 1 aromatic carbocycles. The Bertz CT molecular complexity index is 641. The lowest BCUT2D eigenvalue weighted by atomic mass is 10.0. The highest BCUT2D eigenvalue weighted by molar-refractivity contribution is 7.99. The quantitative estimate of drug-likeness (QED) is 0.940. The van der Waals surface area contributed by atoms with Crippen molar-refractivity contribution in [1.29, 1.82) is 0 Å². The van der Waals surface area contributed by atoms with Crippen LogP contribution in [0.15, 0.2) is 23.4 Å². The topological polar surface area (TPSA) is 52.0 Å². The first kappa shape index (κ1) is 14.4. The molecule has 0 saturated carbocycles. The molecular weight excluding hydrogens is 284 g/mol. The lowest BCUT2D eigenvalue weighted by Crippen LogP contribution is -2.30. The van der Waals surface area contributed by atoms with Crippen LogP contribution in [0.4, 0.5) is 0 Å². The van der Waals surface area contributed by atoms with Gasteiger partial charge >= 0.3 is 0 Å². The highest BCUT2D eigenvalue weighted by Gasteiger charge is 2.24. The van der Waals surface area contributed by atoms with Crippen molar-refractivity contribution in [2.24, 2.45) is 0 Å². The van der Waals surface area contributed by atoms with Crippen molar-refractivity contribution < 1.29 is 4.74 Å². The molecule has 0 saturated heterocycles. The van der Waals surface area contributed by atoms with E-state index in [-0.39, 0.29) is 6.04 Å². The van der Waals surface area contributed by atoms with E-state index in [1.165, 1.54) is 16.7 Å². The van der Waals surface area contributed by atoms with Gasteiger partial charge in [0.2, 0.25) is 5.16 Å². The average Bonchev–Trinajstić information content (AvgIpc) is 2.90. The Morgan fingerprint density at radius 2 is 2.24 bits per heavy atom. The van der Waals surface area contributed by atoms with E-state index >= 15 is 0 Å². The predicted octanol–water partition coefficient (Wildman–Crippen LogP) is 2.47. The first-order chi connectivity index (χ1) is 10.2. The van der Waals surface area contributed by atoms with Gasteiger partial charge in [0.25, 0.3) is 0 Å². The van der Waals surface area contributed by atoms with Gasteiger partial charge in [0.1, 0.15) is 0 Å². The first-order valence-corrected chi connectivity index (χ1v) is 8.07. The lowest BCUT2D eigenvalue weighted by Gasteiger charge is -2.27. The highest BCUT2D eigenvalue weighted by Crippen LogP contribution is 2.31. The Morgan fingerprint density at radius 1 is 1.38 bits per heavy atom. The summed E-state index contributed by atoms with van der Waals surface area (Å²) in [6.45, 7) is 4.94. The van der Waals surface area contributed by atoms with Gasteiger partial charge in [-0.1, -0.05) is 35.5 Å². The van der Waals surface area contributed by atoms with Gasteiger partial charge in [-0.25, -0.2) is 4.68 Å². The van der Waals surface area contributed by atoms with Gasteiger partial charge < -0.3 is 10.2 Å². The molecule has 3 rings (SSSR count). The number of nitrogens with zero attached hydrogens (tertiary/aromatic N) is 3. The standard InChI is InChI=1S/C15H20N4OS/c1-10-4-5-11(2)12(8-10)13-9-21-15-17-16-14(6-7-20-3)19(15)18-13/h4-5,8,13,18H,6-7,9H2,1-3H3. The molecule has 21 heavy (non-hydrogen) atoms. The number of thioether (sulfide) groups is 1. The van der Waals surface area contributed by atoms with Crippen molar-refractivity contribution in [3.05, 3.63) is 40.7 Å². The fourth-order valence-electron chi connectivity index (χ4n) is 2.52. The number of methoxy groups -OCH3 is 1. The van der Waals surface area contributed by atoms with Crippen LogP contribution >= 0.6 is 11.8 Å². The Kier molecular flexibility index (Phi) is 4.17. The van der Waals surface area contributed by atoms with Crippen molar-refractivity contribution in [3.63, 3.8) is 0 Å². The van der Waals surface area contributed by atoms with Gasteiger partial charge in [-0.2, -0.15) is 0 Å². The molecule has 1 aromatic heterocycles. The molecule has 1 atom stereocenters. The summed E-state index contributed by atoms with van der Waals surface area (Å²) in [6.07, 6.45) is 0.760. The largest absolute Gasteiger partial charge is 0.384 e. The number of rotatable bonds is 4. The summed E-state index contributed by atoms with van der Waals surface area (Å²) >= 11 is 1.75. The maximum absolute atomic E-state index is 5.14. The normalized spacial score (nSPS) is 17.4. The molecule has 0 aliphatic carbocycles. The van der Waals surface area contributed by atoms with Gasteiger partial charge in [-0.05, 0) is 25.0 Å². The molecule has 0 radical (unpaired) electrons. The van der Waals surface area contributed by atoms with Crippen LogP contribution in [0.1, 0.15) is 28.6 Å². The Morgan fingerprint density at radius 3 is 3.05 bits per heavy atom. The summed E-state index contributed by atoms with van der Waals surface area (Å²) in [7, 11) is 1.70. The second-order valence-electron chi connectivity index (χ2n) is 5.33. The fraction of sp³-hybridized carbons (Fsp3) is 0.467. The van der Waals surface area contributed by atoms with Crippen LogP contribution < -0.4 is 5.43 Å². The predicted molar refractivity (Wildman–Crippen MR) is 84.3 cm³/mol. The van der Waals surface area contributed by atoms with E-state index < -0.39 is 0 Å². The van der Waals surface area contributed by atoms with Crippen LogP contribution in [-0.2, 0) is 11.2 Å². The van der Waals surface area contributed by atoms with Gasteiger partial charge in [-0.3, -0.25) is 0 Å². The minimum Gasteiger partial charge on any atom is -0.384 e. The van der Waals surface area contributed by atoms with Crippen molar-refractivity contribution in [2.45, 2.75) is 31.5 Å². The third-order valence-corrected chi connectivity index (χ3v) is 4.73. The maximum atomic E-state index is 5.14. The second kappa shape index (κ2) is 6.07. The minimum atomic E-state index is 0.277. The number of aromatic nitrogens is 3. The number of aryl methyl sites for hydroxylation is 2. The monoisotopic (exact) mass is 304 g/mol. The Balaban J connectivity index is 1.86. The number of nitrogens with one attached hydrogen (secondary N) is 1. The first-order valence-electron chi connectivity index (χ1n) is 7.08. The molecule has 2 aromatic rings. The zero-order chi connectivity index (χ0) is 14.8. The molecule has 0 fully saturated rings. The zero-order valence-corrected chi connectivity index (χ0v) is 13.4. The number of ether oxygens (including phenoxy) is 1. The molecule has 5 nitrogen and oxygen atoms in total. The van der Waals surface area contributed by atoms with Crippen LogP contribution in [0.3, 0.4) is 0 Å². The van der Waals surface area contributed by atoms with Crippen LogP contribution in [0.5, 0.6) is 0 Å². The van der Waals surface area contributed by atoms with E-state index in [1.807, 2.05) is 4.68 Å². The molecular formula is C15H20N4OS. The van der Waals surface area contributed by atoms with Gasteiger partial charge in [-0.15, -0.1) is 10.2 Å². The average molecular weight is 304 g/mol. The van der Waals surface area contributed by atoms with Gasteiger partial charge in [0.15, 0.2) is 5.82 Å². The molecule has 0 spiro atoms. The van der Waals surface area contributed by atoms with E-state index in [1.54, 1.807) is 18.9 Å². The summed E-state index contributed by atoms with van der Waals surface area (Å²) in [5, 5.41) is 9.42. The number of hydrogen-bond acceptors (Lipinski definition) is 5. The van der Waals surface area contributed by atoms with E-state index in [0.717, 1.165) is 23.2 Å². The number of hydrogen-bond donors (Lipinski definition) is 1. The minimum absolute atomic E-state index is 0.277. The molecule has 1 aliphatic heterocycles. The third-order valence-electron chi connectivity index (χ3n) is 3.70. The Labute approximate surface area is 129 Å². The highest BCUT2D eigenvalue weighted by atomic mass is 32.2. The van der Waals surface area contributed by atoms with Crippen LogP contribution in [0.25, 0.3) is 0 Å².